The number of unbranched alkanes of at least 4 members (excludes halogenated alkanes) is 12. The Hall–Kier alpha value is -0.630. The lowest BCUT2D eigenvalue weighted by atomic mass is 10.1. The van der Waals surface area contributed by atoms with Gasteiger partial charge in [0.15, 0.2) is 0 Å². The lowest BCUT2D eigenvalue weighted by Gasteiger charge is -2.17. The zero-order valence-electron chi connectivity index (χ0n) is 18.4. The molecule has 0 amide bonds. The van der Waals surface area contributed by atoms with E-state index < -0.39 is 8.60 Å². The van der Waals surface area contributed by atoms with Crippen LogP contribution in [0, 0.1) is 0 Å². The molecule has 0 aliphatic carbocycles. The van der Waals surface area contributed by atoms with Crippen molar-refractivity contribution in [3.8, 4) is 5.75 Å². The fourth-order valence-corrected chi connectivity index (χ4v) is 4.08. The van der Waals surface area contributed by atoms with Gasteiger partial charge >= 0.3 is 8.60 Å². The SMILES string of the molecule is CCCCCCCCCOP(OCCCCCCCCC)Oc1ccccc1. The first-order valence-corrected chi connectivity index (χ1v) is 12.7. The smallest absolute Gasteiger partial charge is 0.397 e. The molecule has 1 aromatic carbocycles. The van der Waals surface area contributed by atoms with Crippen LogP contribution in [-0.2, 0) is 9.05 Å². The molecule has 1 aromatic rings. The van der Waals surface area contributed by atoms with Crippen molar-refractivity contribution in [1.82, 2.24) is 0 Å². The van der Waals surface area contributed by atoms with Gasteiger partial charge in [0.1, 0.15) is 5.75 Å². The molecule has 0 fully saturated rings. The molecule has 1 rings (SSSR count). The maximum absolute atomic E-state index is 5.95. The molecule has 0 N–H and O–H groups in total. The molecule has 0 atom stereocenters. The van der Waals surface area contributed by atoms with Gasteiger partial charge in [-0.05, 0) is 25.0 Å². The molecule has 0 bridgehead atoms. The van der Waals surface area contributed by atoms with E-state index in [0.717, 1.165) is 31.8 Å². The summed E-state index contributed by atoms with van der Waals surface area (Å²) >= 11 is 0. The fraction of sp³-hybridized carbons (Fsp3) is 0.750. The summed E-state index contributed by atoms with van der Waals surface area (Å²) in [6.45, 7) is 5.97. The molecule has 0 aromatic heterocycles. The summed E-state index contributed by atoms with van der Waals surface area (Å²) in [5.41, 5.74) is 0. The van der Waals surface area contributed by atoms with Crippen LogP contribution in [0.5, 0.6) is 5.75 Å². The van der Waals surface area contributed by atoms with Gasteiger partial charge in [-0.2, -0.15) is 0 Å². The van der Waals surface area contributed by atoms with Crippen molar-refractivity contribution >= 4 is 8.60 Å². The third-order valence-corrected chi connectivity index (χ3v) is 5.96. The molecule has 0 spiro atoms. The molecule has 0 radical (unpaired) electrons. The summed E-state index contributed by atoms with van der Waals surface area (Å²) < 4.78 is 17.9. The molecule has 0 unspecified atom stereocenters. The molecular formula is C24H43O3P. The molecule has 162 valence electrons. The van der Waals surface area contributed by atoms with Crippen LogP contribution >= 0.6 is 8.60 Å². The Bertz CT molecular complexity index is 407. The predicted octanol–water partition coefficient (Wildman–Crippen LogP) is 8.83. The third kappa shape index (κ3) is 15.3. The number of para-hydroxylation sites is 1. The van der Waals surface area contributed by atoms with Crippen LogP contribution in [0.15, 0.2) is 30.3 Å². The summed E-state index contributed by atoms with van der Waals surface area (Å²) in [6, 6.07) is 9.88. The Morgan fingerprint density at radius 1 is 0.571 bits per heavy atom. The standard InChI is InChI=1S/C24H43O3P/c1-3-5-7-9-11-13-18-22-25-28(27-24-20-16-15-17-21-24)26-23-19-14-12-10-8-6-4-2/h15-17,20-21H,3-14,18-19,22-23H2,1-2H3. The van der Waals surface area contributed by atoms with Crippen molar-refractivity contribution in [2.45, 2.75) is 104 Å². The van der Waals surface area contributed by atoms with Crippen LogP contribution in [-0.4, -0.2) is 13.2 Å². The van der Waals surface area contributed by atoms with Gasteiger partial charge in [-0.15, -0.1) is 0 Å². The molecule has 4 heteroatoms. The van der Waals surface area contributed by atoms with E-state index >= 15 is 0 Å². The molecule has 3 nitrogen and oxygen atoms in total. The minimum Gasteiger partial charge on any atom is -0.427 e. The minimum absolute atomic E-state index is 0.726. The monoisotopic (exact) mass is 410 g/mol. The van der Waals surface area contributed by atoms with Crippen molar-refractivity contribution in [2.75, 3.05) is 13.2 Å². The molecule has 0 saturated carbocycles. The second kappa shape index (κ2) is 19.7. The number of hydrogen-bond donors (Lipinski definition) is 0. The minimum atomic E-state index is -1.30. The number of rotatable bonds is 20. The zero-order valence-corrected chi connectivity index (χ0v) is 19.3. The van der Waals surface area contributed by atoms with E-state index in [0.29, 0.717) is 0 Å². The second-order valence-electron chi connectivity index (χ2n) is 7.54. The second-order valence-corrected chi connectivity index (χ2v) is 8.68. The quantitative estimate of drug-likeness (QED) is 0.159. The lowest BCUT2D eigenvalue weighted by Crippen LogP contribution is -2.01. The van der Waals surface area contributed by atoms with Crippen molar-refractivity contribution in [3.63, 3.8) is 0 Å². The van der Waals surface area contributed by atoms with Gasteiger partial charge in [0.2, 0.25) is 0 Å². The number of hydrogen-bond acceptors (Lipinski definition) is 3. The highest BCUT2D eigenvalue weighted by Gasteiger charge is 2.14. The Morgan fingerprint density at radius 2 is 1.00 bits per heavy atom. The molecule has 28 heavy (non-hydrogen) atoms. The van der Waals surface area contributed by atoms with Crippen LogP contribution in [0.4, 0.5) is 0 Å². The van der Waals surface area contributed by atoms with Gasteiger partial charge in [-0.1, -0.05) is 109 Å². The normalized spacial score (nSPS) is 11.2. The maximum atomic E-state index is 5.95. The first-order valence-electron chi connectivity index (χ1n) is 11.7. The topological polar surface area (TPSA) is 27.7 Å². The maximum Gasteiger partial charge on any atom is 0.397 e. The van der Waals surface area contributed by atoms with E-state index in [2.05, 4.69) is 13.8 Å². The summed E-state index contributed by atoms with van der Waals surface area (Å²) in [6.07, 6.45) is 18.0. The molecule has 0 aliphatic heterocycles. The first-order chi connectivity index (χ1) is 13.9. The van der Waals surface area contributed by atoms with Gasteiger partial charge in [-0.3, -0.25) is 0 Å². The zero-order chi connectivity index (χ0) is 20.1. The summed E-state index contributed by atoms with van der Waals surface area (Å²) in [7, 11) is -1.30. The molecule has 0 aliphatic rings. The van der Waals surface area contributed by atoms with E-state index in [1.165, 1.54) is 77.0 Å². The van der Waals surface area contributed by atoms with Crippen LogP contribution < -0.4 is 4.52 Å². The van der Waals surface area contributed by atoms with Gasteiger partial charge < -0.3 is 13.6 Å². The van der Waals surface area contributed by atoms with Crippen LogP contribution in [0.25, 0.3) is 0 Å². The Morgan fingerprint density at radius 3 is 1.46 bits per heavy atom. The van der Waals surface area contributed by atoms with Crippen LogP contribution in [0.3, 0.4) is 0 Å². The molecular weight excluding hydrogens is 367 g/mol. The van der Waals surface area contributed by atoms with Crippen molar-refractivity contribution in [2.24, 2.45) is 0 Å². The van der Waals surface area contributed by atoms with Crippen LogP contribution in [0.1, 0.15) is 104 Å². The average molecular weight is 411 g/mol. The van der Waals surface area contributed by atoms with Gasteiger partial charge in [0.25, 0.3) is 0 Å². The summed E-state index contributed by atoms with van der Waals surface area (Å²) in [4.78, 5) is 0. The van der Waals surface area contributed by atoms with Gasteiger partial charge in [0, 0.05) is 0 Å². The highest BCUT2D eigenvalue weighted by molar-refractivity contribution is 7.42. The van der Waals surface area contributed by atoms with E-state index in [4.69, 9.17) is 13.6 Å². The lowest BCUT2D eigenvalue weighted by molar-refractivity contribution is 0.198. The average Bonchev–Trinajstić information content (AvgIpc) is 2.72. The van der Waals surface area contributed by atoms with E-state index in [-0.39, 0.29) is 0 Å². The van der Waals surface area contributed by atoms with Crippen molar-refractivity contribution < 1.29 is 13.6 Å². The molecule has 0 saturated heterocycles. The van der Waals surface area contributed by atoms with Gasteiger partial charge in [-0.25, -0.2) is 0 Å². The molecule has 0 heterocycles. The predicted molar refractivity (Wildman–Crippen MR) is 122 cm³/mol. The highest BCUT2D eigenvalue weighted by atomic mass is 31.2. The summed E-state index contributed by atoms with van der Waals surface area (Å²) in [5, 5.41) is 0. The fourth-order valence-electron chi connectivity index (χ4n) is 3.05. The number of benzene rings is 1. The Labute approximate surface area is 175 Å². The van der Waals surface area contributed by atoms with Crippen molar-refractivity contribution in [1.29, 1.82) is 0 Å². The van der Waals surface area contributed by atoms with E-state index in [9.17, 15) is 0 Å². The van der Waals surface area contributed by atoms with E-state index in [1.54, 1.807) is 0 Å². The first kappa shape index (κ1) is 25.4. The van der Waals surface area contributed by atoms with Crippen molar-refractivity contribution in [3.05, 3.63) is 30.3 Å². The van der Waals surface area contributed by atoms with E-state index in [1.807, 2.05) is 30.3 Å². The Balaban J connectivity index is 2.17. The summed E-state index contributed by atoms with van der Waals surface area (Å²) in [5.74, 6) is 0.827. The highest BCUT2D eigenvalue weighted by Crippen LogP contribution is 2.41. The van der Waals surface area contributed by atoms with Crippen LogP contribution in [0.2, 0.25) is 0 Å². The Kier molecular flexibility index (Phi) is 17.9. The largest absolute Gasteiger partial charge is 0.427 e. The third-order valence-electron chi connectivity index (χ3n) is 4.81. The van der Waals surface area contributed by atoms with Gasteiger partial charge in [0.05, 0.1) is 13.2 Å².